The van der Waals surface area contributed by atoms with E-state index >= 15 is 0 Å². The van der Waals surface area contributed by atoms with Gasteiger partial charge in [0.2, 0.25) is 0 Å². The molecule has 32 heavy (non-hydrogen) atoms. The van der Waals surface area contributed by atoms with E-state index in [9.17, 15) is 9.18 Å². The van der Waals surface area contributed by atoms with Gasteiger partial charge in [-0.3, -0.25) is 4.79 Å². The Hall–Kier alpha value is -3.86. The van der Waals surface area contributed by atoms with E-state index in [-0.39, 0.29) is 24.4 Å². The third-order valence-corrected chi connectivity index (χ3v) is 5.39. The number of carbonyl (C=O) groups excluding carboxylic acids is 1. The summed E-state index contributed by atoms with van der Waals surface area (Å²) in [5.74, 6) is 0.882. The molecule has 1 atom stereocenters. The highest BCUT2D eigenvalue weighted by Gasteiger charge is 2.15. The van der Waals surface area contributed by atoms with Crippen LogP contribution in [0.15, 0.2) is 84.9 Å². The monoisotopic (exact) mass is 429 g/mol. The normalized spacial score (nSPS) is 11.7. The largest absolute Gasteiger partial charge is 0.496 e. The highest BCUT2D eigenvalue weighted by Crippen LogP contribution is 2.28. The van der Waals surface area contributed by atoms with Crippen molar-refractivity contribution in [2.45, 2.75) is 19.6 Å². The van der Waals surface area contributed by atoms with Gasteiger partial charge in [-0.15, -0.1) is 0 Å². The molecular formula is C27H24FNO3. The molecule has 0 spiro atoms. The molecule has 0 fully saturated rings. The maximum atomic E-state index is 13.2. The summed E-state index contributed by atoms with van der Waals surface area (Å²) < 4.78 is 24.7. The van der Waals surface area contributed by atoms with Gasteiger partial charge in [-0.25, -0.2) is 4.39 Å². The summed E-state index contributed by atoms with van der Waals surface area (Å²) in [6.07, 6.45) is 0. The average Bonchev–Trinajstić information content (AvgIpc) is 2.82. The Morgan fingerprint density at radius 2 is 1.69 bits per heavy atom. The number of benzene rings is 4. The van der Waals surface area contributed by atoms with Crippen molar-refractivity contribution in [1.82, 2.24) is 5.32 Å². The molecule has 0 aliphatic carbocycles. The van der Waals surface area contributed by atoms with Crippen LogP contribution in [0.4, 0.5) is 4.39 Å². The summed E-state index contributed by atoms with van der Waals surface area (Å²) in [4.78, 5) is 12.8. The van der Waals surface area contributed by atoms with Gasteiger partial charge in [0.05, 0.1) is 13.2 Å². The molecule has 1 amide bonds. The van der Waals surface area contributed by atoms with Gasteiger partial charge < -0.3 is 14.8 Å². The van der Waals surface area contributed by atoms with Crippen LogP contribution in [0.3, 0.4) is 0 Å². The SMILES string of the molecule is COc1ccc(C(=O)NC(C)c2ccc(F)cc2)cc1COc1cccc2ccccc12. The number of amides is 1. The van der Waals surface area contributed by atoms with Crippen molar-refractivity contribution in [3.05, 3.63) is 107 Å². The van der Waals surface area contributed by atoms with Crippen LogP contribution in [0.5, 0.6) is 11.5 Å². The molecule has 0 saturated heterocycles. The van der Waals surface area contributed by atoms with Crippen LogP contribution in [0.1, 0.15) is 34.5 Å². The van der Waals surface area contributed by atoms with Gasteiger partial charge >= 0.3 is 0 Å². The molecule has 1 N–H and O–H groups in total. The second-order valence-corrected chi connectivity index (χ2v) is 7.54. The van der Waals surface area contributed by atoms with Gasteiger partial charge in [-0.1, -0.05) is 48.5 Å². The molecular weight excluding hydrogens is 405 g/mol. The summed E-state index contributed by atoms with van der Waals surface area (Å²) in [6, 6.07) is 25.0. The van der Waals surface area contributed by atoms with Crippen LogP contribution in [-0.4, -0.2) is 13.0 Å². The van der Waals surface area contributed by atoms with Crippen molar-refractivity contribution >= 4 is 16.7 Å². The van der Waals surface area contributed by atoms with Crippen molar-refractivity contribution < 1.29 is 18.7 Å². The van der Waals surface area contributed by atoms with Crippen molar-refractivity contribution in [3.8, 4) is 11.5 Å². The van der Waals surface area contributed by atoms with Gasteiger partial charge in [0.25, 0.3) is 5.91 Å². The number of carbonyl (C=O) groups is 1. The number of ether oxygens (including phenoxy) is 2. The number of hydrogen-bond acceptors (Lipinski definition) is 3. The zero-order chi connectivity index (χ0) is 22.5. The smallest absolute Gasteiger partial charge is 0.251 e. The van der Waals surface area contributed by atoms with E-state index in [1.165, 1.54) is 12.1 Å². The molecule has 4 aromatic rings. The zero-order valence-electron chi connectivity index (χ0n) is 18.0. The molecule has 0 aromatic heterocycles. The maximum absolute atomic E-state index is 13.2. The first-order chi connectivity index (χ1) is 15.5. The van der Waals surface area contributed by atoms with Gasteiger partial charge in [0, 0.05) is 16.5 Å². The van der Waals surface area contributed by atoms with Crippen LogP contribution in [0, 0.1) is 5.82 Å². The fourth-order valence-electron chi connectivity index (χ4n) is 3.62. The predicted molar refractivity (Wildman–Crippen MR) is 124 cm³/mol. The quantitative estimate of drug-likeness (QED) is 0.389. The predicted octanol–water partition coefficient (Wildman–Crippen LogP) is 6.06. The number of fused-ring (bicyclic) bond motifs is 1. The molecule has 0 heterocycles. The highest BCUT2D eigenvalue weighted by atomic mass is 19.1. The minimum Gasteiger partial charge on any atom is -0.496 e. The third-order valence-electron chi connectivity index (χ3n) is 5.39. The van der Waals surface area contributed by atoms with Gasteiger partial charge in [0.15, 0.2) is 0 Å². The summed E-state index contributed by atoms with van der Waals surface area (Å²) in [6.45, 7) is 2.12. The van der Waals surface area contributed by atoms with Crippen molar-refractivity contribution in [2.75, 3.05) is 7.11 Å². The molecule has 162 valence electrons. The number of nitrogens with one attached hydrogen (secondary N) is 1. The fraction of sp³-hybridized carbons (Fsp3) is 0.148. The van der Waals surface area contributed by atoms with Gasteiger partial charge in [0.1, 0.15) is 23.9 Å². The number of halogens is 1. The Labute approximate surface area is 186 Å². The highest BCUT2D eigenvalue weighted by molar-refractivity contribution is 5.95. The lowest BCUT2D eigenvalue weighted by Gasteiger charge is -2.16. The van der Waals surface area contributed by atoms with Crippen LogP contribution in [-0.2, 0) is 6.61 Å². The first kappa shape index (κ1) is 21.4. The van der Waals surface area contributed by atoms with Crippen LogP contribution in [0.25, 0.3) is 10.8 Å². The minimum absolute atomic E-state index is 0.226. The molecule has 0 saturated carbocycles. The van der Waals surface area contributed by atoms with Crippen molar-refractivity contribution in [1.29, 1.82) is 0 Å². The number of rotatable bonds is 7. The Morgan fingerprint density at radius 3 is 2.47 bits per heavy atom. The second kappa shape index (κ2) is 9.52. The summed E-state index contributed by atoms with van der Waals surface area (Å²) in [7, 11) is 1.59. The topological polar surface area (TPSA) is 47.6 Å². The second-order valence-electron chi connectivity index (χ2n) is 7.54. The molecule has 4 aromatic carbocycles. The lowest BCUT2D eigenvalue weighted by molar-refractivity contribution is 0.0939. The van der Waals surface area contributed by atoms with Gasteiger partial charge in [-0.05, 0) is 54.3 Å². The van der Waals surface area contributed by atoms with E-state index in [1.54, 1.807) is 37.4 Å². The third kappa shape index (κ3) is 4.72. The molecule has 4 rings (SSSR count). The average molecular weight is 429 g/mol. The fourth-order valence-corrected chi connectivity index (χ4v) is 3.62. The first-order valence-corrected chi connectivity index (χ1v) is 10.4. The lowest BCUT2D eigenvalue weighted by Crippen LogP contribution is -2.26. The molecule has 5 heteroatoms. The standard InChI is InChI=1S/C27H24FNO3/c1-18(19-10-13-23(28)14-11-19)29-27(30)21-12-15-25(31-2)22(16-21)17-32-26-9-5-7-20-6-3-4-8-24(20)26/h3-16,18H,17H2,1-2H3,(H,29,30). The van der Waals surface area contributed by atoms with Crippen LogP contribution < -0.4 is 14.8 Å². The van der Waals surface area contributed by atoms with E-state index in [4.69, 9.17) is 9.47 Å². The number of hydrogen-bond donors (Lipinski definition) is 1. The van der Waals surface area contributed by atoms with Crippen LogP contribution >= 0.6 is 0 Å². The maximum Gasteiger partial charge on any atom is 0.251 e. The molecule has 0 aliphatic rings. The van der Waals surface area contributed by atoms with E-state index in [1.807, 2.05) is 49.4 Å². The van der Waals surface area contributed by atoms with E-state index in [2.05, 4.69) is 5.32 Å². The Morgan fingerprint density at radius 1 is 0.938 bits per heavy atom. The molecule has 0 aliphatic heterocycles. The van der Waals surface area contributed by atoms with E-state index < -0.39 is 0 Å². The molecule has 0 radical (unpaired) electrons. The van der Waals surface area contributed by atoms with Crippen LogP contribution in [0.2, 0.25) is 0 Å². The molecule has 0 bridgehead atoms. The van der Waals surface area contributed by atoms with E-state index in [0.29, 0.717) is 11.3 Å². The Kier molecular flexibility index (Phi) is 6.36. The van der Waals surface area contributed by atoms with Gasteiger partial charge in [-0.2, -0.15) is 0 Å². The zero-order valence-corrected chi connectivity index (χ0v) is 18.0. The van der Waals surface area contributed by atoms with Crippen molar-refractivity contribution in [2.24, 2.45) is 0 Å². The van der Waals surface area contributed by atoms with E-state index in [0.717, 1.165) is 27.6 Å². The number of methoxy groups -OCH3 is 1. The molecule has 4 nitrogen and oxygen atoms in total. The summed E-state index contributed by atoms with van der Waals surface area (Å²) in [5.41, 5.74) is 2.09. The Balaban J connectivity index is 1.51. The summed E-state index contributed by atoms with van der Waals surface area (Å²) >= 11 is 0. The molecule has 1 unspecified atom stereocenters. The minimum atomic E-state index is -0.307. The Bertz CT molecular complexity index is 1230. The summed E-state index contributed by atoms with van der Waals surface area (Å²) in [5, 5.41) is 5.07. The lowest BCUT2D eigenvalue weighted by atomic mass is 10.1. The first-order valence-electron chi connectivity index (χ1n) is 10.4. The van der Waals surface area contributed by atoms with Crippen molar-refractivity contribution in [3.63, 3.8) is 0 Å².